The van der Waals surface area contributed by atoms with Crippen LogP contribution >= 0.6 is 0 Å². The molecule has 3 rings (SSSR count). The molecule has 0 bridgehead atoms. The maximum absolute atomic E-state index is 11.0. The molecule has 2 aromatic rings. The summed E-state index contributed by atoms with van der Waals surface area (Å²) in [6.45, 7) is 6.13. The molecule has 0 N–H and O–H groups in total. The van der Waals surface area contributed by atoms with Crippen molar-refractivity contribution in [2.45, 2.75) is 109 Å². The number of aryl methyl sites for hydroxylation is 1. The van der Waals surface area contributed by atoms with Crippen LogP contribution in [0.3, 0.4) is 0 Å². The molecule has 0 amide bonds. The quantitative estimate of drug-likeness (QED) is 0.127. The van der Waals surface area contributed by atoms with Crippen molar-refractivity contribution in [2.75, 3.05) is 6.61 Å². The van der Waals surface area contributed by atoms with Gasteiger partial charge in [0, 0.05) is 6.08 Å². The Bertz CT molecular complexity index is 1020. The van der Waals surface area contributed by atoms with Gasteiger partial charge in [-0.05, 0) is 66.7 Å². The molecule has 2 unspecified atom stereocenters. The largest absolute Gasteiger partial charge is 0.463 e. The maximum atomic E-state index is 11.0. The summed E-state index contributed by atoms with van der Waals surface area (Å²) in [5.41, 5.74) is 5.20. The van der Waals surface area contributed by atoms with Gasteiger partial charge in [0.1, 0.15) is 0 Å². The topological polar surface area (TPSA) is 50.1 Å². The van der Waals surface area contributed by atoms with E-state index in [-0.39, 0.29) is 11.4 Å². The van der Waals surface area contributed by atoms with E-state index in [4.69, 9.17) is 4.74 Å². The summed E-state index contributed by atoms with van der Waals surface area (Å²) in [5, 5.41) is 10.2. The van der Waals surface area contributed by atoms with Crippen LogP contribution in [0, 0.1) is 16.7 Å². The summed E-state index contributed by atoms with van der Waals surface area (Å²) >= 11 is 0. The van der Waals surface area contributed by atoms with Gasteiger partial charge in [-0.1, -0.05) is 120 Å². The second-order valence-corrected chi connectivity index (χ2v) is 11.2. The van der Waals surface area contributed by atoms with E-state index in [0.29, 0.717) is 12.5 Å². The molecule has 1 aliphatic carbocycles. The zero-order chi connectivity index (χ0) is 27.1. The summed E-state index contributed by atoms with van der Waals surface area (Å²) in [7, 11) is 0. The van der Waals surface area contributed by atoms with Crippen molar-refractivity contribution in [3.8, 4) is 17.2 Å². The molecule has 3 nitrogen and oxygen atoms in total. The number of unbranched alkanes of at least 4 members (excludes halogenated alkanes) is 7. The third kappa shape index (κ3) is 9.46. The number of carbonyl (C=O) groups is 1. The number of nitrogens with zero attached hydrogens (tertiary/aromatic N) is 1. The maximum Gasteiger partial charge on any atom is 0.330 e. The molecule has 1 fully saturated rings. The van der Waals surface area contributed by atoms with Crippen LogP contribution in [-0.4, -0.2) is 12.6 Å². The summed E-state index contributed by atoms with van der Waals surface area (Å²) in [6.07, 6.45) is 18.3. The molecule has 0 spiro atoms. The van der Waals surface area contributed by atoms with E-state index in [1.807, 2.05) is 0 Å². The van der Waals surface area contributed by atoms with E-state index >= 15 is 0 Å². The molecule has 0 aromatic heterocycles. The summed E-state index contributed by atoms with van der Waals surface area (Å²) < 4.78 is 5.01. The number of carbonyl (C=O) groups excluding carboxylic acids is 1. The summed E-state index contributed by atoms with van der Waals surface area (Å²) in [6, 6.07) is 20.9. The average Bonchev–Trinajstić information content (AvgIpc) is 2.96. The van der Waals surface area contributed by atoms with Gasteiger partial charge in [-0.15, -0.1) is 0 Å². The number of rotatable bonds is 16. The van der Waals surface area contributed by atoms with Gasteiger partial charge < -0.3 is 4.74 Å². The second kappa shape index (κ2) is 16.2. The van der Waals surface area contributed by atoms with Crippen LogP contribution in [0.5, 0.6) is 0 Å². The summed E-state index contributed by atoms with van der Waals surface area (Å²) in [5.74, 6) is 0.168. The van der Waals surface area contributed by atoms with E-state index in [2.05, 4.69) is 68.1 Å². The Hall–Kier alpha value is -2.86. The zero-order valence-corrected chi connectivity index (χ0v) is 23.6. The fraction of sp³-hybridized carbons (Fsp3) is 0.543. The average molecular weight is 514 g/mol. The van der Waals surface area contributed by atoms with Gasteiger partial charge in [-0.25, -0.2) is 4.79 Å². The fourth-order valence-electron chi connectivity index (χ4n) is 5.99. The highest BCUT2D eigenvalue weighted by Gasteiger charge is 2.36. The lowest BCUT2D eigenvalue weighted by Gasteiger charge is -2.36. The molecule has 3 heteroatoms. The minimum atomic E-state index is -0.328. The van der Waals surface area contributed by atoms with Crippen LogP contribution in [0.15, 0.2) is 61.2 Å². The van der Waals surface area contributed by atoms with E-state index in [1.165, 1.54) is 73.3 Å². The number of hydrogen-bond donors (Lipinski definition) is 0. The predicted octanol–water partition coefficient (Wildman–Crippen LogP) is 9.71. The molecule has 1 aliphatic rings. The molecule has 2 aromatic carbocycles. The standard InChI is InChI=1S/C35H47NO2/c1-3-14-29-16-18-30(19-17-29)31-20-22-32(23-21-31)33-15-13-25-35(27-33,28-36)24-11-9-7-5-6-8-10-12-26-38-34(37)4-2/h4,16-23,33H,2-3,5-15,24-27H2,1H3. The Morgan fingerprint density at radius 1 is 0.974 bits per heavy atom. The first-order valence-electron chi connectivity index (χ1n) is 15.0. The van der Waals surface area contributed by atoms with Crippen molar-refractivity contribution < 1.29 is 9.53 Å². The Morgan fingerprint density at radius 2 is 1.58 bits per heavy atom. The highest BCUT2D eigenvalue weighted by molar-refractivity contribution is 5.81. The van der Waals surface area contributed by atoms with Crippen LogP contribution in [0.25, 0.3) is 11.1 Å². The Labute approximate surface area is 231 Å². The number of esters is 1. The molecule has 204 valence electrons. The third-order valence-electron chi connectivity index (χ3n) is 8.25. The van der Waals surface area contributed by atoms with Crippen molar-refractivity contribution >= 4 is 5.97 Å². The molecule has 0 saturated heterocycles. The molecule has 0 heterocycles. The first kappa shape index (κ1) is 29.7. The Morgan fingerprint density at radius 3 is 2.18 bits per heavy atom. The van der Waals surface area contributed by atoms with Crippen molar-refractivity contribution in [3.63, 3.8) is 0 Å². The van der Waals surface area contributed by atoms with E-state index in [1.54, 1.807) is 0 Å². The van der Waals surface area contributed by atoms with E-state index < -0.39 is 0 Å². The van der Waals surface area contributed by atoms with Crippen LogP contribution in [0.2, 0.25) is 0 Å². The molecular formula is C35H47NO2. The number of benzene rings is 2. The van der Waals surface area contributed by atoms with E-state index in [9.17, 15) is 10.1 Å². The van der Waals surface area contributed by atoms with Gasteiger partial charge in [0.25, 0.3) is 0 Å². The van der Waals surface area contributed by atoms with Gasteiger partial charge in [0.2, 0.25) is 0 Å². The Balaban J connectivity index is 1.38. The van der Waals surface area contributed by atoms with Gasteiger partial charge >= 0.3 is 5.97 Å². The van der Waals surface area contributed by atoms with Crippen LogP contribution in [0.4, 0.5) is 0 Å². The van der Waals surface area contributed by atoms with Crippen LogP contribution in [-0.2, 0) is 16.0 Å². The molecule has 0 radical (unpaired) electrons. The number of hydrogen-bond acceptors (Lipinski definition) is 3. The Kier molecular flexibility index (Phi) is 12.6. The molecule has 1 saturated carbocycles. The third-order valence-corrected chi connectivity index (χ3v) is 8.25. The van der Waals surface area contributed by atoms with Crippen LogP contribution in [0.1, 0.15) is 114 Å². The van der Waals surface area contributed by atoms with Crippen molar-refractivity contribution in [2.24, 2.45) is 5.41 Å². The van der Waals surface area contributed by atoms with E-state index in [0.717, 1.165) is 51.4 Å². The van der Waals surface area contributed by atoms with Crippen molar-refractivity contribution in [1.82, 2.24) is 0 Å². The fourth-order valence-corrected chi connectivity index (χ4v) is 5.99. The van der Waals surface area contributed by atoms with Crippen LogP contribution < -0.4 is 0 Å². The highest BCUT2D eigenvalue weighted by Crippen LogP contribution is 2.46. The second-order valence-electron chi connectivity index (χ2n) is 11.2. The molecule has 38 heavy (non-hydrogen) atoms. The van der Waals surface area contributed by atoms with Gasteiger partial charge in [-0.2, -0.15) is 5.26 Å². The molecular weight excluding hydrogens is 466 g/mol. The monoisotopic (exact) mass is 513 g/mol. The molecule has 0 aliphatic heterocycles. The number of nitriles is 1. The predicted molar refractivity (Wildman–Crippen MR) is 158 cm³/mol. The normalized spacial score (nSPS) is 19.0. The van der Waals surface area contributed by atoms with Gasteiger partial charge in [0.05, 0.1) is 18.1 Å². The number of ether oxygens (including phenoxy) is 1. The lowest BCUT2D eigenvalue weighted by molar-refractivity contribution is -0.137. The highest BCUT2D eigenvalue weighted by atomic mass is 16.5. The first-order valence-corrected chi connectivity index (χ1v) is 15.0. The minimum absolute atomic E-state index is 0.153. The zero-order valence-electron chi connectivity index (χ0n) is 23.6. The summed E-state index contributed by atoms with van der Waals surface area (Å²) in [4.78, 5) is 11.0. The van der Waals surface area contributed by atoms with Gasteiger partial charge in [-0.3, -0.25) is 0 Å². The lowest BCUT2D eigenvalue weighted by Crippen LogP contribution is -2.26. The van der Waals surface area contributed by atoms with Crippen molar-refractivity contribution in [1.29, 1.82) is 5.26 Å². The molecule has 2 atom stereocenters. The minimum Gasteiger partial charge on any atom is -0.463 e. The van der Waals surface area contributed by atoms with Gasteiger partial charge in [0.15, 0.2) is 0 Å². The van der Waals surface area contributed by atoms with Crippen molar-refractivity contribution in [3.05, 3.63) is 72.3 Å². The SMILES string of the molecule is C=CC(=O)OCCCCCCCCCCC1(C#N)CCCC(c2ccc(-c3ccc(CCC)cc3)cc2)C1. The lowest BCUT2D eigenvalue weighted by atomic mass is 9.66. The smallest absolute Gasteiger partial charge is 0.330 e. The first-order chi connectivity index (χ1) is 18.6.